The summed E-state index contributed by atoms with van der Waals surface area (Å²) < 4.78 is 0. The number of rotatable bonds is 2. The van der Waals surface area contributed by atoms with Gasteiger partial charge in [0.15, 0.2) is 0 Å². The lowest BCUT2D eigenvalue weighted by Crippen LogP contribution is -2.11. The first kappa shape index (κ1) is 13.7. The minimum atomic E-state index is -0.0430. The van der Waals surface area contributed by atoms with Crippen LogP contribution in [0.15, 0.2) is 23.1 Å². The second-order valence-electron chi connectivity index (χ2n) is 3.39. The highest BCUT2D eigenvalue weighted by Gasteiger charge is 2.02. The maximum Gasteiger partial charge on any atom is 0.251 e. The molecule has 0 saturated carbocycles. The molecule has 2 rings (SSSR count). The number of pyridine rings is 2. The SMILES string of the molecule is CC.CCc1cc2ncc(CCl)cc2[nH]c1=O. The largest absolute Gasteiger partial charge is 0.320 e. The summed E-state index contributed by atoms with van der Waals surface area (Å²) in [6, 6.07) is 3.68. The fourth-order valence-electron chi connectivity index (χ4n) is 1.50. The third kappa shape index (κ3) is 3.07. The maximum atomic E-state index is 11.5. The molecule has 4 heteroatoms. The summed E-state index contributed by atoms with van der Waals surface area (Å²) in [5.41, 5.74) is 3.17. The normalized spacial score (nSPS) is 9.88. The van der Waals surface area contributed by atoms with E-state index in [0.29, 0.717) is 12.3 Å². The number of H-pyrrole nitrogens is 1. The minimum Gasteiger partial charge on any atom is -0.320 e. The van der Waals surface area contributed by atoms with Crippen molar-refractivity contribution in [3.8, 4) is 0 Å². The van der Waals surface area contributed by atoms with Crippen molar-refractivity contribution in [3.63, 3.8) is 0 Å². The Bertz CT molecular complexity index is 549. The Hall–Kier alpha value is -1.35. The zero-order valence-corrected chi connectivity index (χ0v) is 11.1. The van der Waals surface area contributed by atoms with Crippen molar-refractivity contribution < 1.29 is 0 Å². The van der Waals surface area contributed by atoms with Crippen molar-refractivity contribution in [2.45, 2.75) is 33.1 Å². The molecule has 2 aromatic heterocycles. The number of fused-ring (bicyclic) bond motifs is 1. The molecule has 0 aliphatic rings. The number of hydrogen-bond acceptors (Lipinski definition) is 2. The van der Waals surface area contributed by atoms with E-state index in [1.54, 1.807) is 6.20 Å². The van der Waals surface area contributed by atoms with Crippen LogP contribution in [0.1, 0.15) is 31.9 Å². The molecule has 92 valence electrons. The molecule has 3 nitrogen and oxygen atoms in total. The van der Waals surface area contributed by atoms with Gasteiger partial charge >= 0.3 is 0 Å². The zero-order valence-electron chi connectivity index (χ0n) is 10.4. The summed E-state index contributed by atoms with van der Waals surface area (Å²) in [5, 5.41) is 0. The zero-order chi connectivity index (χ0) is 12.8. The Labute approximate surface area is 106 Å². The molecule has 2 aromatic rings. The third-order valence-corrected chi connectivity index (χ3v) is 2.67. The number of hydrogen-bond donors (Lipinski definition) is 1. The molecule has 17 heavy (non-hydrogen) atoms. The number of aromatic nitrogens is 2. The predicted octanol–water partition coefficient (Wildman–Crippen LogP) is 3.25. The first-order valence-corrected chi connectivity index (χ1v) is 6.35. The van der Waals surface area contributed by atoms with Gasteiger partial charge in [-0.05, 0) is 24.1 Å². The summed E-state index contributed by atoms with van der Waals surface area (Å²) in [7, 11) is 0. The van der Waals surface area contributed by atoms with E-state index >= 15 is 0 Å². The van der Waals surface area contributed by atoms with Gasteiger partial charge in [-0.1, -0.05) is 20.8 Å². The summed E-state index contributed by atoms with van der Waals surface area (Å²) in [6.45, 7) is 5.95. The summed E-state index contributed by atoms with van der Waals surface area (Å²) >= 11 is 5.69. The van der Waals surface area contributed by atoms with Gasteiger partial charge in [0.05, 0.1) is 11.0 Å². The highest BCUT2D eigenvalue weighted by Crippen LogP contribution is 2.11. The van der Waals surface area contributed by atoms with Crippen LogP contribution in [0.3, 0.4) is 0 Å². The van der Waals surface area contributed by atoms with Gasteiger partial charge in [-0.3, -0.25) is 9.78 Å². The van der Waals surface area contributed by atoms with Crippen molar-refractivity contribution in [1.29, 1.82) is 0 Å². The first-order valence-electron chi connectivity index (χ1n) is 5.81. The van der Waals surface area contributed by atoms with Crippen LogP contribution in [0.4, 0.5) is 0 Å². The molecule has 0 unspecified atom stereocenters. The Kier molecular flexibility index (Phi) is 5.16. The van der Waals surface area contributed by atoms with Crippen LogP contribution in [-0.4, -0.2) is 9.97 Å². The highest BCUT2D eigenvalue weighted by atomic mass is 35.5. The van der Waals surface area contributed by atoms with Gasteiger partial charge in [-0.15, -0.1) is 11.6 Å². The Balaban J connectivity index is 0.000000686. The fourth-order valence-corrected chi connectivity index (χ4v) is 1.65. The van der Waals surface area contributed by atoms with Crippen molar-refractivity contribution in [2.75, 3.05) is 0 Å². The summed E-state index contributed by atoms with van der Waals surface area (Å²) in [6.07, 6.45) is 2.44. The number of nitrogens with one attached hydrogen (secondary N) is 1. The molecular formula is C13H17ClN2O. The summed E-state index contributed by atoms with van der Waals surface area (Å²) in [5.74, 6) is 0.403. The van der Waals surface area contributed by atoms with Crippen LogP contribution >= 0.6 is 11.6 Å². The van der Waals surface area contributed by atoms with Crippen molar-refractivity contribution in [2.24, 2.45) is 0 Å². The van der Waals surface area contributed by atoms with Crippen molar-refractivity contribution in [1.82, 2.24) is 9.97 Å². The molecule has 2 heterocycles. The van der Waals surface area contributed by atoms with E-state index in [4.69, 9.17) is 11.6 Å². The predicted molar refractivity (Wildman–Crippen MR) is 72.6 cm³/mol. The average molecular weight is 253 g/mol. The molecular weight excluding hydrogens is 236 g/mol. The minimum absolute atomic E-state index is 0.0430. The lowest BCUT2D eigenvalue weighted by molar-refractivity contribution is 1.07. The van der Waals surface area contributed by atoms with Crippen molar-refractivity contribution >= 4 is 22.6 Å². The quantitative estimate of drug-likeness (QED) is 0.834. The molecule has 0 radical (unpaired) electrons. The van der Waals surface area contributed by atoms with Crippen LogP contribution in [0.25, 0.3) is 11.0 Å². The molecule has 0 atom stereocenters. The number of alkyl halides is 1. The molecule has 0 saturated heterocycles. The lowest BCUT2D eigenvalue weighted by Gasteiger charge is -2.01. The topological polar surface area (TPSA) is 45.8 Å². The maximum absolute atomic E-state index is 11.5. The van der Waals surface area contributed by atoms with Crippen molar-refractivity contribution in [3.05, 3.63) is 39.8 Å². The Morgan fingerprint density at radius 3 is 2.65 bits per heavy atom. The Morgan fingerprint density at radius 1 is 1.35 bits per heavy atom. The first-order chi connectivity index (χ1) is 8.24. The van der Waals surface area contributed by atoms with Crippen LogP contribution in [-0.2, 0) is 12.3 Å². The third-order valence-electron chi connectivity index (χ3n) is 2.36. The number of nitrogens with zero attached hydrogens (tertiary/aromatic N) is 1. The average Bonchev–Trinajstić information content (AvgIpc) is 2.39. The standard InChI is InChI=1S/C11H11ClN2O.C2H6/c1-2-8-4-9-10(14-11(8)15)3-7(5-12)6-13-9;1-2/h3-4,6H,2,5H2,1H3,(H,14,15);1-2H3. The van der Waals surface area contributed by atoms with Crippen LogP contribution in [0.2, 0.25) is 0 Å². The molecule has 0 aliphatic carbocycles. The second kappa shape index (κ2) is 6.40. The van der Waals surface area contributed by atoms with Gasteiger partial charge in [0.25, 0.3) is 5.56 Å². The monoisotopic (exact) mass is 252 g/mol. The van der Waals surface area contributed by atoms with Gasteiger partial charge in [-0.2, -0.15) is 0 Å². The fraction of sp³-hybridized carbons (Fsp3) is 0.385. The number of halogens is 1. The molecule has 0 fully saturated rings. The smallest absolute Gasteiger partial charge is 0.251 e. The van der Waals surface area contributed by atoms with Gasteiger partial charge < -0.3 is 4.98 Å². The molecule has 0 amide bonds. The second-order valence-corrected chi connectivity index (χ2v) is 3.65. The number of aryl methyl sites for hydroxylation is 1. The van der Waals surface area contributed by atoms with Gasteiger partial charge in [0.1, 0.15) is 0 Å². The molecule has 1 N–H and O–H groups in total. The number of aromatic amines is 1. The van der Waals surface area contributed by atoms with Crippen LogP contribution in [0.5, 0.6) is 0 Å². The van der Waals surface area contributed by atoms with Gasteiger partial charge in [0, 0.05) is 17.6 Å². The van der Waals surface area contributed by atoms with Gasteiger partial charge in [-0.25, -0.2) is 0 Å². The molecule has 0 aromatic carbocycles. The van der Waals surface area contributed by atoms with E-state index in [0.717, 1.165) is 22.2 Å². The van der Waals surface area contributed by atoms with E-state index < -0.39 is 0 Å². The van der Waals surface area contributed by atoms with E-state index in [9.17, 15) is 4.79 Å². The highest BCUT2D eigenvalue weighted by molar-refractivity contribution is 6.17. The van der Waals surface area contributed by atoms with Crippen LogP contribution < -0.4 is 5.56 Å². The van der Waals surface area contributed by atoms with E-state index in [2.05, 4.69) is 9.97 Å². The summed E-state index contributed by atoms with van der Waals surface area (Å²) in [4.78, 5) is 18.6. The van der Waals surface area contributed by atoms with E-state index in [1.165, 1.54) is 0 Å². The van der Waals surface area contributed by atoms with E-state index in [-0.39, 0.29) is 5.56 Å². The van der Waals surface area contributed by atoms with Crippen LogP contribution in [0, 0.1) is 0 Å². The lowest BCUT2D eigenvalue weighted by atomic mass is 10.2. The Morgan fingerprint density at radius 2 is 2.06 bits per heavy atom. The van der Waals surface area contributed by atoms with E-state index in [1.807, 2.05) is 32.9 Å². The van der Waals surface area contributed by atoms with Gasteiger partial charge in [0.2, 0.25) is 0 Å². The molecule has 0 bridgehead atoms. The molecule has 0 aliphatic heterocycles. The molecule has 0 spiro atoms.